The highest BCUT2D eigenvalue weighted by molar-refractivity contribution is 5.85. The SMILES string of the molecule is COC(=O)NC(CC(C)C)C(=O)NCC(c1ccc(C)o1)N1CCCC1. The smallest absolute Gasteiger partial charge is 0.407 e. The van der Waals surface area contributed by atoms with E-state index in [4.69, 9.17) is 4.42 Å². The molecule has 1 aliphatic rings. The minimum atomic E-state index is -0.611. The van der Waals surface area contributed by atoms with E-state index in [-0.39, 0.29) is 17.9 Å². The van der Waals surface area contributed by atoms with Gasteiger partial charge in [-0.1, -0.05) is 13.8 Å². The van der Waals surface area contributed by atoms with Gasteiger partial charge in [-0.25, -0.2) is 4.79 Å². The zero-order valence-corrected chi connectivity index (χ0v) is 16.2. The molecule has 1 aromatic heterocycles. The van der Waals surface area contributed by atoms with E-state index in [1.807, 2.05) is 32.9 Å². The van der Waals surface area contributed by atoms with Gasteiger partial charge in [0.2, 0.25) is 5.91 Å². The Balaban J connectivity index is 2.02. The van der Waals surface area contributed by atoms with Crippen LogP contribution in [0.4, 0.5) is 4.79 Å². The van der Waals surface area contributed by atoms with Crippen molar-refractivity contribution < 1.29 is 18.7 Å². The van der Waals surface area contributed by atoms with Gasteiger partial charge in [0, 0.05) is 6.54 Å². The van der Waals surface area contributed by atoms with Crippen LogP contribution in [0.5, 0.6) is 0 Å². The van der Waals surface area contributed by atoms with Crippen LogP contribution in [0.1, 0.15) is 50.7 Å². The molecule has 0 aliphatic carbocycles. The average molecular weight is 365 g/mol. The predicted molar refractivity (Wildman–Crippen MR) is 98.8 cm³/mol. The number of alkyl carbamates (subject to hydrolysis) is 1. The number of aryl methyl sites for hydroxylation is 1. The number of ether oxygens (including phenoxy) is 1. The van der Waals surface area contributed by atoms with Crippen molar-refractivity contribution in [3.8, 4) is 0 Å². The number of amides is 2. The Hall–Kier alpha value is -2.02. The predicted octanol–water partition coefficient (Wildman–Crippen LogP) is 2.61. The van der Waals surface area contributed by atoms with Crippen molar-refractivity contribution in [1.29, 1.82) is 0 Å². The van der Waals surface area contributed by atoms with E-state index in [1.165, 1.54) is 7.11 Å². The molecule has 2 atom stereocenters. The first-order valence-corrected chi connectivity index (χ1v) is 9.33. The van der Waals surface area contributed by atoms with Crippen molar-refractivity contribution in [3.63, 3.8) is 0 Å². The summed E-state index contributed by atoms with van der Waals surface area (Å²) in [7, 11) is 1.29. The Labute approximate surface area is 155 Å². The summed E-state index contributed by atoms with van der Waals surface area (Å²) in [5, 5.41) is 5.62. The molecule has 1 aromatic rings. The molecule has 26 heavy (non-hydrogen) atoms. The molecule has 1 fully saturated rings. The number of hydrogen-bond donors (Lipinski definition) is 2. The Bertz CT molecular complexity index is 593. The summed E-state index contributed by atoms with van der Waals surface area (Å²) in [6, 6.07) is 3.32. The average Bonchev–Trinajstić information content (AvgIpc) is 3.26. The Morgan fingerprint density at radius 3 is 2.50 bits per heavy atom. The van der Waals surface area contributed by atoms with Gasteiger partial charge < -0.3 is 19.8 Å². The van der Waals surface area contributed by atoms with Crippen LogP contribution in [-0.2, 0) is 9.53 Å². The second-order valence-electron chi connectivity index (χ2n) is 7.27. The monoisotopic (exact) mass is 365 g/mol. The molecule has 1 saturated heterocycles. The Morgan fingerprint density at radius 2 is 1.96 bits per heavy atom. The maximum atomic E-state index is 12.7. The first-order valence-electron chi connectivity index (χ1n) is 9.33. The number of nitrogens with one attached hydrogen (secondary N) is 2. The van der Waals surface area contributed by atoms with Gasteiger partial charge in [0.1, 0.15) is 17.6 Å². The molecule has 0 bridgehead atoms. The highest BCUT2D eigenvalue weighted by atomic mass is 16.5. The summed E-state index contributed by atoms with van der Waals surface area (Å²) >= 11 is 0. The lowest BCUT2D eigenvalue weighted by Gasteiger charge is -2.27. The van der Waals surface area contributed by atoms with Crippen LogP contribution >= 0.6 is 0 Å². The van der Waals surface area contributed by atoms with Crippen LogP contribution in [0.3, 0.4) is 0 Å². The van der Waals surface area contributed by atoms with Gasteiger partial charge in [-0.15, -0.1) is 0 Å². The second-order valence-corrected chi connectivity index (χ2v) is 7.27. The van der Waals surface area contributed by atoms with Gasteiger partial charge >= 0.3 is 6.09 Å². The zero-order valence-electron chi connectivity index (χ0n) is 16.2. The largest absolute Gasteiger partial charge is 0.465 e. The van der Waals surface area contributed by atoms with Crippen molar-refractivity contribution in [2.45, 2.75) is 52.1 Å². The summed E-state index contributed by atoms with van der Waals surface area (Å²) < 4.78 is 10.5. The fourth-order valence-electron chi connectivity index (χ4n) is 3.32. The third-order valence-electron chi connectivity index (χ3n) is 4.64. The molecular weight excluding hydrogens is 334 g/mol. The number of carbonyl (C=O) groups excluding carboxylic acids is 2. The number of nitrogens with zero attached hydrogens (tertiary/aromatic N) is 1. The molecule has 7 heteroatoms. The standard InChI is InChI=1S/C19H31N3O4/c1-13(2)11-15(21-19(24)25-4)18(23)20-12-16(22-9-5-6-10-22)17-8-7-14(3)26-17/h7-8,13,15-16H,5-6,9-12H2,1-4H3,(H,20,23)(H,21,24). The van der Waals surface area contributed by atoms with E-state index >= 15 is 0 Å². The van der Waals surface area contributed by atoms with Crippen molar-refractivity contribution >= 4 is 12.0 Å². The van der Waals surface area contributed by atoms with Gasteiger partial charge in [-0.05, 0) is 57.3 Å². The van der Waals surface area contributed by atoms with E-state index < -0.39 is 12.1 Å². The number of carbonyl (C=O) groups is 2. The maximum Gasteiger partial charge on any atom is 0.407 e. The number of methoxy groups -OCH3 is 1. The van der Waals surface area contributed by atoms with Crippen LogP contribution < -0.4 is 10.6 Å². The minimum Gasteiger partial charge on any atom is -0.465 e. The lowest BCUT2D eigenvalue weighted by Crippen LogP contribution is -2.49. The second kappa shape index (κ2) is 9.62. The van der Waals surface area contributed by atoms with Crippen LogP contribution in [0.2, 0.25) is 0 Å². The molecule has 2 rings (SSSR count). The highest BCUT2D eigenvalue weighted by Crippen LogP contribution is 2.26. The van der Waals surface area contributed by atoms with E-state index in [0.717, 1.165) is 37.5 Å². The summed E-state index contributed by atoms with van der Waals surface area (Å²) in [4.78, 5) is 26.5. The number of hydrogen-bond acceptors (Lipinski definition) is 5. The third kappa shape index (κ3) is 5.76. The van der Waals surface area contributed by atoms with Gasteiger partial charge in [0.25, 0.3) is 0 Å². The molecule has 0 saturated carbocycles. The topological polar surface area (TPSA) is 83.8 Å². The number of furan rings is 1. The normalized spacial score (nSPS) is 17.1. The lowest BCUT2D eigenvalue weighted by molar-refractivity contribution is -0.123. The fraction of sp³-hybridized carbons (Fsp3) is 0.684. The lowest BCUT2D eigenvalue weighted by atomic mass is 10.0. The Kier molecular flexibility index (Phi) is 7.50. The van der Waals surface area contributed by atoms with Crippen LogP contribution in [0.25, 0.3) is 0 Å². The van der Waals surface area contributed by atoms with E-state index in [0.29, 0.717) is 13.0 Å². The highest BCUT2D eigenvalue weighted by Gasteiger charge is 2.28. The first-order chi connectivity index (χ1) is 12.4. The van der Waals surface area contributed by atoms with E-state index in [1.54, 1.807) is 0 Å². The summed E-state index contributed by atoms with van der Waals surface area (Å²) in [6.07, 6.45) is 2.27. The van der Waals surface area contributed by atoms with E-state index in [2.05, 4.69) is 20.3 Å². The van der Waals surface area contributed by atoms with Crippen molar-refractivity contribution in [2.24, 2.45) is 5.92 Å². The molecule has 2 amide bonds. The summed E-state index contributed by atoms with van der Waals surface area (Å²) in [5.74, 6) is 1.80. The fourth-order valence-corrected chi connectivity index (χ4v) is 3.32. The van der Waals surface area contributed by atoms with Crippen LogP contribution in [-0.4, -0.2) is 49.7 Å². The zero-order chi connectivity index (χ0) is 19.1. The van der Waals surface area contributed by atoms with Crippen molar-refractivity contribution in [3.05, 3.63) is 23.7 Å². The maximum absolute atomic E-state index is 12.7. The first kappa shape index (κ1) is 20.3. The van der Waals surface area contributed by atoms with Crippen molar-refractivity contribution in [1.82, 2.24) is 15.5 Å². The van der Waals surface area contributed by atoms with Gasteiger partial charge in [0.05, 0.1) is 13.2 Å². The van der Waals surface area contributed by atoms with Crippen molar-refractivity contribution in [2.75, 3.05) is 26.7 Å². The molecule has 2 heterocycles. The quantitative estimate of drug-likeness (QED) is 0.740. The Morgan fingerprint density at radius 1 is 1.27 bits per heavy atom. The molecule has 0 aromatic carbocycles. The third-order valence-corrected chi connectivity index (χ3v) is 4.64. The van der Waals surface area contributed by atoms with Gasteiger partial charge in [-0.2, -0.15) is 0 Å². The molecular formula is C19H31N3O4. The molecule has 1 aliphatic heterocycles. The molecule has 2 unspecified atom stereocenters. The van der Waals surface area contributed by atoms with Crippen LogP contribution in [0, 0.1) is 12.8 Å². The number of rotatable bonds is 8. The van der Waals surface area contributed by atoms with E-state index in [9.17, 15) is 9.59 Å². The molecule has 0 radical (unpaired) electrons. The molecule has 2 N–H and O–H groups in total. The molecule has 0 spiro atoms. The molecule has 146 valence electrons. The summed E-state index contributed by atoms with van der Waals surface area (Å²) in [5.41, 5.74) is 0. The van der Waals surface area contributed by atoms with Gasteiger partial charge in [-0.3, -0.25) is 9.69 Å². The summed E-state index contributed by atoms with van der Waals surface area (Å²) in [6.45, 7) is 8.38. The number of likely N-dealkylation sites (tertiary alicyclic amines) is 1. The van der Waals surface area contributed by atoms with Crippen LogP contribution in [0.15, 0.2) is 16.5 Å². The molecule has 7 nitrogen and oxygen atoms in total. The minimum absolute atomic E-state index is 0.00739. The van der Waals surface area contributed by atoms with Gasteiger partial charge in [0.15, 0.2) is 0 Å².